The van der Waals surface area contributed by atoms with Crippen molar-refractivity contribution in [2.45, 2.75) is 44.2 Å². The molecule has 1 unspecified atom stereocenters. The number of hydrogen-bond donors (Lipinski definition) is 2. The summed E-state index contributed by atoms with van der Waals surface area (Å²) in [5.74, 6) is 0.105. The fourth-order valence-electron chi connectivity index (χ4n) is 3.42. The maximum absolute atomic E-state index is 12.3. The predicted octanol–water partition coefficient (Wildman–Crippen LogP) is 1.64. The fraction of sp³-hybridized carbons (Fsp3) is 0.588. The summed E-state index contributed by atoms with van der Waals surface area (Å²) in [6.07, 6.45) is 4.65. The predicted molar refractivity (Wildman–Crippen MR) is 81.9 cm³/mol. The third-order valence-corrected chi connectivity index (χ3v) is 4.63. The van der Waals surface area contributed by atoms with E-state index < -0.39 is 0 Å². The molecule has 0 bridgehead atoms. The second-order valence-corrected chi connectivity index (χ2v) is 6.22. The van der Waals surface area contributed by atoms with Crippen molar-refractivity contribution < 1.29 is 9.90 Å². The van der Waals surface area contributed by atoms with Gasteiger partial charge in [0.25, 0.3) is 0 Å². The van der Waals surface area contributed by atoms with E-state index in [9.17, 15) is 9.90 Å². The number of rotatable bonds is 3. The molecule has 1 saturated heterocycles. The zero-order chi connectivity index (χ0) is 14.7. The summed E-state index contributed by atoms with van der Waals surface area (Å²) >= 11 is 0. The molecule has 4 heteroatoms. The van der Waals surface area contributed by atoms with Gasteiger partial charge in [0.15, 0.2) is 0 Å². The van der Waals surface area contributed by atoms with Crippen LogP contribution in [0.3, 0.4) is 0 Å². The zero-order valence-electron chi connectivity index (χ0n) is 12.4. The largest absolute Gasteiger partial charge is 0.393 e. The number of aliphatic hydroxyl groups excluding tert-OH is 1. The summed E-state index contributed by atoms with van der Waals surface area (Å²) in [7, 11) is 0. The van der Waals surface area contributed by atoms with Gasteiger partial charge in [-0.2, -0.15) is 0 Å². The highest BCUT2D eigenvalue weighted by atomic mass is 16.3. The summed E-state index contributed by atoms with van der Waals surface area (Å²) in [5.41, 5.74) is 2.65. The van der Waals surface area contributed by atoms with Crippen molar-refractivity contribution in [1.29, 1.82) is 0 Å². The second kappa shape index (κ2) is 6.58. The van der Waals surface area contributed by atoms with Crippen LogP contribution in [0.25, 0.3) is 0 Å². The lowest BCUT2D eigenvalue weighted by atomic mass is 9.88. The third kappa shape index (κ3) is 3.63. The van der Waals surface area contributed by atoms with Gasteiger partial charge in [-0.1, -0.05) is 24.3 Å². The van der Waals surface area contributed by atoms with Gasteiger partial charge >= 0.3 is 0 Å². The van der Waals surface area contributed by atoms with Gasteiger partial charge in [0.2, 0.25) is 5.91 Å². The smallest absolute Gasteiger partial charge is 0.234 e. The van der Waals surface area contributed by atoms with Crippen LogP contribution in [-0.4, -0.2) is 41.7 Å². The summed E-state index contributed by atoms with van der Waals surface area (Å²) in [6, 6.07) is 8.59. The maximum atomic E-state index is 12.3. The Morgan fingerprint density at radius 3 is 2.81 bits per heavy atom. The zero-order valence-corrected chi connectivity index (χ0v) is 12.4. The number of amides is 1. The molecule has 1 heterocycles. The van der Waals surface area contributed by atoms with Gasteiger partial charge < -0.3 is 10.4 Å². The van der Waals surface area contributed by atoms with E-state index >= 15 is 0 Å². The minimum Gasteiger partial charge on any atom is -0.393 e. The summed E-state index contributed by atoms with van der Waals surface area (Å²) in [4.78, 5) is 14.4. The monoisotopic (exact) mass is 288 g/mol. The SMILES string of the molecule is O=C(CN1CCC(O)CC1)NC1CCCc2ccccc21. The molecule has 21 heavy (non-hydrogen) atoms. The number of carbonyl (C=O) groups excluding carboxylic acids is 1. The standard InChI is InChI=1S/C17H24N2O2/c20-14-8-10-19(11-9-14)12-17(21)18-16-7-3-5-13-4-1-2-6-15(13)16/h1-2,4,6,14,16,20H,3,5,7-12H2,(H,18,21). The first kappa shape index (κ1) is 14.5. The number of benzene rings is 1. The molecule has 1 aromatic carbocycles. The van der Waals surface area contributed by atoms with Crippen molar-refractivity contribution in [3.8, 4) is 0 Å². The summed E-state index contributed by atoms with van der Waals surface area (Å²) in [6.45, 7) is 2.08. The van der Waals surface area contributed by atoms with Gasteiger partial charge in [0, 0.05) is 13.1 Å². The molecule has 2 N–H and O–H groups in total. The highest BCUT2D eigenvalue weighted by Gasteiger charge is 2.23. The Morgan fingerprint density at radius 1 is 1.24 bits per heavy atom. The molecule has 4 nitrogen and oxygen atoms in total. The number of nitrogens with one attached hydrogen (secondary N) is 1. The highest BCUT2D eigenvalue weighted by molar-refractivity contribution is 5.78. The van der Waals surface area contributed by atoms with Gasteiger partial charge in [-0.3, -0.25) is 9.69 Å². The van der Waals surface area contributed by atoms with Crippen LogP contribution >= 0.6 is 0 Å². The molecule has 1 atom stereocenters. The Bertz CT molecular complexity index is 495. The third-order valence-electron chi connectivity index (χ3n) is 4.63. The lowest BCUT2D eigenvalue weighted by Gasteiger charge is -2.31. The van der Waals surface area contributed by atoms with E-state index in [0.717, 1.165) is 45.2 Å². The van der Waals surface area contributed by atoms with Gasteiger partial charge in [-0.15, -0.1) is 0 Å². The van der Waals surface area contributed by atoms with E-state index in [1.54, 1.807) is 0 Å². The van der Waals surface area contributed by atoms with Crippen molar-refractivity contribution in [2.75, 3.05) is 19.6 Å². The van der Waals surface area contributed by atoms with E-state index in [-0.39, 0.29) is 18.1 Å². The Morgan fingerprint density at radius 2 is 2.00 bits per heavy atom. The van der Waals surface area contributed by atoms with Crippen LogP contribution in [0.2, 0.25) is 0 Å². The molecule has 0 spiro atoms. The number of aliphatic hydroxyl groups is 1. The van der Waals surface area contributed by atoms with Crippen LogP contribution in [0.1, 0.15) is 42.9 Å². The van der Waals surface area contributed by atoms with Gasteiger partial charge in [-0.05, 0) is 43.2 Å². The topological polar surface area (TPSA) is 52.6 Å². The van der Waals surface area contributed by atoms with Gasteiger partial charge in [-0.25, -0.2) is 0 Å². The van der Waals surface area contributed by atoms with Crippen molar-refractivity contribution >= 4 is 5.91 Å². The average Bonchev–Trinajstić information content (AvgIpc) is 2.50. The Balaban J connectivity index is 1.56. The molecule has 2 aliphatic rings. The van der Waals surface area contributed by atoms with Gasteiger partial charge in [0.05, 0.1) is 18.7 Å². The molecule has 1 aromatic rings. The molecule has 1 aliphatic carbocycles. The number of hydrogen-bond acceptors (Lipinski definition) is 3. The number of piperidine rings is 1. The first-order valence-electron chi connectivity index (χ1n) is 8.00. The van der Waals surface area contributed by atoms with Crippen molar-refractivity contribution in [1.82, 2.24) is 10.2 Å². The quantitative estimate of drug-likeness (QED) is 0.889. The summed E-state index contributed by atoms with van der Waals surface area (Å²) < 4.78 is 0. The summed E-state index contributed by atoms with van der Waals surface area (Å²) in [5, 5.41) is 12.7. The number of likely N-dealkylation sites (tertiary alicyclic amines) is 1. The number of carbonyl (C=O) groups is 1. The number of aryl methyl sites for hydroxylation is 1. The van der Waals surface area contributed by atoms with Crippen molar-refractivity contribution in [3.05, 3.63) is 35.4 Å². The van der Waals surface area contributed by atoms with E-state index in [2.05, 4.69) is 34.5 Å². The van der Waals surface area contributed by atoms with E-state index in [0.29, 0.717) is 6.54 Å². The Hall–Kier alpha value is -1.39. The fourth-order valence-corrected chi connectivity index (χ4v) is 3.42. The molecule has 0 radical (unpaired) electrons. The molecule has 0 aromatic heterocycles. The normalized spacial score (nSPS) is 23.6. The van der Waals surface area contributed by atoms with Crippen molar-refractivity contribution in [2.24, 2.45) is 0 Å². The van der Waals surface area contributed by atoms with E-state index in [1.807, 2.05) is 0 Å². The maximum Gasteiger partial charge on any atom is 0.234 e. The van der Waals surface area contributed by atoms with Crippen molar-refractivity contribution in [3.63, 3.8) is 0 Å². The van der Waals surface area contributed by atoms with Gasteiger partial charge in [0.1, 0.15) is 0 Å². The van der Waals surface area contributed by atoms with Crippen LogP contribution in [0.15, 0.2) is 24.3 Å². The van der Waals surface area contributed by atoms with Crippen LogP contribution in [0.5, 0.6) is 0 Å². The molecule has 1 amide bonds. The molecule has 1 fully saturated rings. The van der Waals surface area contributed by atoms with Crippen LogP contribution in [0.4, 0.5) is 0 Å². The minimum atomic E-state index is -0.186. The average molecular weight is 288 g/mol. The number of nitrogens with zero attached hydrogens (tertiary/aromatic N) is 1. The second-order valence-electron chi connectivity index (χ2n) is 6.22. The highest BCUT2D eigenvalue weighted by Crippen LogP contribution is 2.29. The molecule has 0 saturated carbocycles. The Kier molecular flexibility index (Phi) is 4.56. The molecule has 3 rings (SSSR count). The van der Waals surface area contributed by atoms with Crippen LogP contribution in [-0.2, 0) is 11.2 Å². The molecular formula is C17H24N2O2. The lowest BCUT2D eigenvalue weighted by molar-refractivity contribution is -0.123. The Labute approximate surface area is 126 Å². The molecule has 114 valence electrons. The van der Waals surface area contributed by atoms with E-state index in [4.69, 9.17) is 0 Å². The van der Waals surface area contributed by atoms with Crippen LogP contribution in [0, 0.1) is 0 Å². The first-order valence-corrected chi connectivity index (χ1v) is 8.00. The lowest BCUT2D eigenvalue weighted by Crippen LogP contribution is -2.43. The molecular weight excluding hydrogens is 264 g/mol. The number of fused-ring (bicyclic) bond motifs is 1. The minimum absolute atomic E-state index is 0.105. The first-order chi connectivity index (χ1) is 10.2. The van der Waals surface area contributed by atoms with Crippen LogP contribution < -0.4 is 5.32 Å². The van der Waals surface area contributed by atoms with E-state index in [1.165, 1.54) is 11.1 Å². The molecule has 1 aliphatic heterocycles.